The summed E-state index contributed by atoms with van der Waals surface area (Å²) in [5, 5.41) is 0.255. The summed E-state index contributed by atoms with van der Waals surface area (Å²) in [6, 6.07) is 14.8. The highest BCUT2D eigenvalue weighted by atomic mass is 35.5. The van der Waals surface area contributed by atoms with Crippen LogP contribution in [-0.4, -0.2) is 64.0 Å². The molecule has 0 aliphatic carbocycles. The maximum Gasteiger partial charge on any atom is 0.293 e. The van der Waals surface area contributed by atoms with Crippen molar-refractivity contribution in [1.29, 1.82) is 0 Å². The molecule has 0 spiro atoms. The number of nitrogens with zero attached hydrogens (tertiary/aromatic N) is 3. The summed E-state index contributed by atoms with van der Waals surface area (Å²) in [5.41, 5.74) is 2.19. The lowest BCUT2D eigenvalue weighted by atomic mass is 10.1. The van der Waals surface area contributed by atoms with Crippen LogP contribution in [0.15, 0.2) is 53.4 Å². The molecule has 2 fully saturated rings. The number of piperazine rings is 1. The van der Waals surface area contributed by atoms with Gasteiger partial charge >= 0.3 is 0 Å². The molecule has 0 radical (unpaired) electrons. The Bertz CT molecular complexity index is 1090. The Morgan fingerprint density at radius 2 is 1.76 bits per heavy atom. The van der Waals surface area contributed by atoms with E-state index in [0.717, 1.165) is 49.1 Å². The third-order valence-corrected chi connectivity index (χ3v) is 7.03. The zero-order chi connectivity index (χ0) is 23.5. The molecule has 8 heteroatoms. The van der Waals surface area contributed by atoms with Crippen LogP contribution in [0.1, 0.15) is 35.3 Å². The van der Waals surface area contributed by atoms with Crippen LogP contribution in [0.4, 0.5) is 4.79 Å². The number of amides is 3. The fourth-order valence-corrected chi connectivity index (χ4v) is 5.00. The van der Waals surface area contributed by atoms with Gasteiger partial charge in [0.1, 0.15) is 0 Å². The number of rotatable bonds is 5. The normalized spacial score (nSPS) is 18.6. The van der Waals surface area contributed by atoms with E-state index in [1.54, 1.807) is 36.4 Å². The summed E-state index contributed by atoms with van der Waals surface area (Å²) in [7, 11) is 0. The summed E-state index contributed by atoms with van der Waals surface area (Å²) in [6.45, 7) is 7.72. The van der Waals surface area contributed by atoms with Gasteiger partial charge in [-0.2, -0.15) is 0 Å². The quantitative estimate of drug-likeness (QED) is 0.575. The highest BCUT2D eigenvalue weighted by Gasteiger charge is 2.35. The van der Waals surface area contributed by atoms with E-state index in [4.69, 9.17) is 11.6 Å². The summed E-state index contributed by atoms with van der Waals surface area (Å²) in [4.78, 5) is 43.9. The third kappa shape index (κ3) is 5.49. The first kappa shape index (κ1) is 23.5. The Kier molecular flexibility index (Phi) is 7.22. The van der Waals surface area contributed by atoms with E-state index in [1.165, 1.54) is 4.90 Å². The van der Waals surface area contributed by atoms with Crippen molar-refractivity contribution < 1.29 is 14.4 Å². The maximum atomic E-state index is 12.8. The minimum atomic E-state index is -0.326. The summed E-state index contributed by atoms with van der Waals surface area (Å²) in [6.07, 6.45) is 1.69. The van der Waals surface area contributed by atoms with E-state index in [0.29, 0.717) is 21.5 Å². The molecule has 4 rings (SSSR count). The molecule has 2 aliphatic heterocycles. The maximum absolute atomic E-state index is 12.8. The highest BCUT2D eigenvalue weighted by Crippen LogP contribution is 2.33. The molecule has 0 atom stereocenters. The largest absolute Gasteiger partial charge is 0.336 e. The average molecular weight is 484 g/mol. The minimum absolute atomic E-state index is 0.0202. The van der Waals surface area contributed by atoms with Gasteiger partial charge < -0.3 is 4.90 Å². The first-order chi connectivity index (χ1) is 15.8. The van der Waals surface area contributed by atoms with Crippen molar-refractivity contribution in [3.8, 4) is 0 Å². The van der Waals surface area contributed by atoms with Gasteiger partial charge in [0.05, 0.1) is 11.4 Å². The molecule has 0 aromatic heterocycles. The van der Waals surface area contributed by atoms with E-state index < -0.39 is 0 Å². The average Bonchev–Trinajstić information content (AvgIpc) is 3.06. The zero-order valence-corrected chi connectivity index (χ0v) is 20.2. The van der Waals surface area contributed by atoms with E-state index >= 15 is 0 Å². The van der Waals surface area contributed by atoms with Crippen molar-refractivity contribution in [2.75, 3.05) is 26.2 Å². The lowest BCUT2D eigenvalue weighted by molar-refractivity contribution is -0.123. The summed E-state index contributed by atoms with van der Waals surface area (Å²) >= 11 is 6.93. The molecule has 2 aliphatic rings. The van der Waals surface area contributed by atoms with Crippen LogP contribution in [0.5, 0.6) is 0 Å². The first-order valence-electron chi connectivity index (χ1n) is 10.9. The number of thioether (sulfide) groups is 1. The molecule has 2 heterocycles. The molecule has 0 bridgehead atoms. The molecule has 0 N–H and O–H groups in total. The Labute approximate surface area is 203 Å². The molecular formula is C25H26ClN3O3S. The molecule has 3 amide bonds. The molecule has 2 aromatic carbocycles. The molecule has 0 saturated carbocycles. The van der Waals surface area contributed by atoms with Gasteiger partial charge in [0, 0.05) is 42.8 Å². The smallest absolute Gasteiger partial charge is 0.293 e. The Morgan fingerprint density at radius 1 is 1.06 bits per heavy atom. The van der Waals surface area contributed by atoms with Gasteiger partial charge in [0.15, 0.2) is 0 Å². The third-order valence-electron chi connectivity index (χ3n) is 5.89. The van der Waals surface area contributed by atoms with Gasteiger partial charge in [-0.1, -0.05) is 35.9 Å². The second-order valence-corrected chi connectivity index (χ2v) is 9.87. The van der Waals surface area contributed by atoms with Crippen LogP contribution in [0.25, 0.3) is 6.08 Å². The highest BCUT2D eigenvalue weighted by molar-refractivity contribution is 8.18. The SMILES string of the molecule is CC(C)N1CCN(C(=O)c2ccc(C=C3SC(=O)N(Cc4cccc(Cl)c4)C3=O)cc2)CC1. The number of carbonyl (C=O) groups excluding carboxylic acids is 3. The minimum Gasteiger partial charge on any atom is -0.336 e. The fraction of sp³-hybridized carbons (Fsp3) is 0.320. The molecule has 33 heavy (non-hydrogen) atoms. The van der Waals surface area contributed by atoms with Crippen molar-refractivity contribution in [3.63, 3.8) is 0 Å². The monoisotopic (exact) mass is 483 g/mol. The standard InChI is InChI=1S/C25H26ClN3O3S/c1-17(2)27-10-12-28(13-11-27)23(30)20-8-6-18(7-9-20)15-22-24(31)29(25(32)33-22)16-19-4-3-5-21(26)14-19/h3-9,14-15,17H,10-13,16H2,1-2H3. The van der Waals surface area contributed by atoms with Crippen LogP contribution in [0.2, 0.25) is 5.02 Å². The lowest BCUT2D eigenvalue weighted by Gasteiger charge is -2.37. The number of carbonyl (C=O) groups is 3. The van der Waals surface area contributed by atoms with E-state index in [1.807, 2.05) is 23.1 Å². The second kappa shape index (κ2) is 10.1. The van der Waals surface area contributed by atoms with E-state index in [-0.39, 0.29) is 23.6 Å². The predicted molar refractivity (Wildman–Crippen MR) is 132 cm³/mol. The molecule has 2 saturated heterocycles. The molecule has 172 valence electrons. The number of benzene rings is 2. The van der Waals surface area contributed by atoms with Gasteiger partial charge in [-0.05, 0) is 67.1 Å². The van der Waals surface area contributed by atoms with Crippen LogP contribution >= 0.6 is 23.4 Å². The Balaban J connectivity index is 1.41. The van der Waals surface area contributed by atoms with Gasteiger partial charge in [0.25, 0.3) is 17.1 Å². The number of imide groups is 1. The molecule has 6 nitrogen and oxygen atoms in total. The summed E-state index contributed by atoms with van der Waals surface area (Å²) < 4.78 is 0. The molecular weight excluding hydrogens is 458 g/mol. The lowest BCUT2D eigenvalue weighted by Crippen LogP contribution is -2.50. The fourth-order valence-electron chi connectivity index (χ4n) is 3.95. The second-order valence-electron chi connectivity index (χ2n) is 8.44. The van der Waals surface area contributed by atoms with E-state index in [9.17, 15) is 14.4 Å². The van der Waals surface area contributed by atoms with Crippen LogP contribution in [0, 0.1) is 0 Å². The van der Waals surface area contributed by atoms with Gasteiger partial charge in [-0.3, -0.25) is 24.2 Å². The predicted octanol–water partition coefficient (Wildman–Crippen LogP) is 4.74. The number of hydrogen-bond donors (Lipinski definition) is 0. The Morgan fingerprint density at radius 3 is 2.39 bits per heavy atom. The van der Waals surface area contributed by atoms with Gasteiger partial charge in [-0.25, -0.2) is 0 Å². The van der Waals surface area contributed by atoms with Crippen molar-refractivity contribution in [3.05, 3.63) is 75.1 Å². The topological polar surface area (TPSA) is 60.9 Å². The van der Waals surface area contributed by atoms with Crippen molar-refractivity contribution in [2.45, 2.75) is 26.4 Å². The Hall–Kier alpha value is -2.61. The van der Waals surface area contributed by atoms with Crippen LogP contribution < -0.4 is 0 Å². The first-order valence-corrected chi connectivity index (χ1v) is 12.1. The molecule has 2 aromatic rings. The van der Waals surface area contributed by atoms with Crippen molar-refractivity contribution >= 4 is 46.5 Å². The van der Waals surface area contributed by atoms with Gasteiger partial charge in [-0.15, -0.1) is 0 Å². The van der Waals surface area contributed by atoms with Crippen molar-refractivity contribution in [1.82, 2.24) is 14.7 Å². The summed E-state index contributed by atoms with van der Waals surface area (Å²) in [5.74, 6) is -0.306. The zero-order valence-electron chi connectivity index (χ0n) is 18.7. The van der Waals surface area contributed by atoms with Crippen LogP contribution in [-0.2, 0) is 11.3 Å². The van der Waals surface area contributed by atoms with Crippen LogP contribution in [0.3, 0.4) is 0 Å². The molecule has 0 unspecified atom stereocenters. The van der Waals surface area contributed by atoms with E-state index in [2.05, 4.69) is 18.7 Å². The van der Waals surface area contributed by atoms with Crippen molar-refractivity contribution in [2.24, 2.45) is 0 Å². The number of hydrogen-bond acceptors (Lipinski definition) is 5. The van der Waals surface area contributed by atoms with Gasteiger partial charge in [0.2, 0.25) is 0 Å². The number of halogens is 1.